The fourth-order valence-corrected chi connectivity index (χ4v) is 3.03. The Morgan fingerprint density at radius 2 is 2.06 bits per heavy atom. The highest BCUT2D eigenvalue weighted by Gasteiger charge is 2.44. The van der Waals surface area contributed by atoms with Crippen molar-refractivity contribution in [1.29, 1.82) is 5.26 Å². The van der Waals surface area contributed by atoms with E-state index in [-0.39, 0.29) is 0 Å². The molecular weight excluding hydrogens is 226 g/mol. The third-order valence-corrected chi connectivity index (χ3v) is 4.28. The summed E-state index contributed by atoms with van der Waals surface area (Å²) in [4.78, 5) is 8.06. The Hall–Kier alpha value is -1.34. The molecule has 0 amide bonds. The van der Waals surface area contributed by atoms with E-state index in [1.807, 2.05) is 0 Å². The fourth-order valence-electron chi connectivity index (χ4n) is 3.03. The second-order valence-corrected chi connectivity index (χ2v) is 5.62. The molecule has 1 aromatic rings. The maximum absolute atomic E-state index is 9.31. The molecule has 2 heterocycles. The predicted molar refractivity (Wildman–Crippen MR) is 67.3 cm³/mol. The highest BCUT2D eigenvalue weighted by molar-refractivity contribution is 5.30. The highest BCUT2D eigenvalue weighted by atomic mass is 16.5. The Kier molecular flexibility index (Phi) is 2.87. The number of H-pyrrole nitrogens is 1. The first kappa shape index (κ1) is 11.7. The van der Waals surface area contributed by atoms with E-state index in [1.54, 1.807) is 0 Å². The minimum Gasteiger partial charge on any atom is -0.377 e. The number of hydrogen-bond acceptors (Lipinski definition) is 3. The van der Waals surface area contributed by atoms with Gasteiger partial charge in [0, 0.05) is 11.6 Å². The minimum absolute atomic E-state index is 0.473. The number of aromatic amines is 1. The van der Waals surface area contributed by atoms with Crippen LogP contribution >= 0.6 is 0 Å². The average molecular weight is 245 g/mol. The topological polar surface area (TPSA) is 61.7 Å². The van der Waals surface area contributed by atoms with Gasteiger partial charge in [0.2, 0.25) is 0 Å². The van der Waals surface area contributed by atoms with Crippen LogP contribution in [0.15, 0.2) is 0 Å². The number of nitrogens with zero attached hydrogens (tertiary/aromatic N) is 2. The number of aryl methyl sites for hydroxylation is 1. The van der Waals surface area contributed by atoms with Crippen molar-refractivity contribution in [3.05, 3.63) is 17.2 Å². The highest BCUT2D eigenvalue weighted by Crippen LogP contribution is 2.36. The van der Waals surface area contributed by atoms with Crippen LogP contribution in [0.4, 0.5) is 0 Å². The van der Waals surface area contributed by atoms with Crippen LogP contribution in [0.2, 0.25) is 0 Å². The number of rotatable bonds is 2. The maximum Gasteiger partial charge on any atom is 0.161 e. The summed E-state index contributed by atoms with van der Waals surface area (Å²) in [7, 11) is 0. The summed E-state index contributed by atoms with van der Waals surface area (Å²) in [6.45, 7) is 3.02. The van der Waals surface area contributed by atoms with Gasteiger partial charge in [0.15, 0.2) is 5.41 Å². The summed E-state index contributed by atoms with van der Waals surface area (Å²) in [5, 5.41) is 9.31. The number of hydrogen-bond donors (Lipinski definition) is 1. The Balaban J connectivity index is 1.88. The summed E-state index contributed by atoms with van der Waals surface area (Å²) < 4.78 is 5.20. The molecular formula is C14H19N3O. The number of nitrogens with one attached hydrogen (secondary N) is 1. The summed E-state index contributed by atoms with van der Waals surface area (Å²) in [5.74, 6) is 1.40. The standard InChI is InChI=1S/C14H19N3O/c1-10-12(11-5-3-2-4-6-11)17-13(16-10)14(7-15)8-18-9-14/h11H,2-6,8-9H2,1H3,(H,16,17). The van der Waals surface area contributed by atoms with E-state index in [1.165, 1.54) is 37.8 Å². The Labute approximate surface area is 107 Å². The van der Waals surface area contributed by atoms with Gasteiger partial charge in [-0.05, 0) is 19.8 Å². The van der Waals surface area contributed by atoms with Crippen molar-refractivity contribution in [3.8, 4) is 6.07 Å². The molecule has 4 nitrogen and oxygen atoms in total. The van der Waals surface area contributed by atoms with Crippen molar-refractivity contribution in [3.63, 3.8) is 0 Å². The largest absolute Gasteiger partial charge is 0.377 e. The predicted octanol–water partition coefficient (Wildman–Crippen LogP) is 2.56. The van der Waals surface area contributed by atoms with Gasteiger partial charge in [0.05, 0.1) is 25.0 Å². The molecule has 2 aliphatic rings. The monoisotopic (exact) mass is 245 g/mol. The van der Waals surface area contributed by atoms with Crippen LogP contribution in [-0.4, -0.2) is 23.2 Å². The lowest BCUT2D eigenvalue weighted by Gasteiger charge is -2.32. The summed E-state index contributed by atoms with van der Waals surface area (Å²) in [6, 6.07) is 2.36. The Bertz CT molecular complexity index is 476. The molecule has 2 fully saturated rings. The third kappa shape index (κ3) is 1.74. The molecule has 1 aliphatic carbocycles. The average Bonchev–Trinajstić information content (AvgIpc) is 2.72. The molecule has 1 aromatic heterocycles. The smallest absolute Gasteiger partial charge is 0.161 e. The van der Waals surface area contributed by atoms with Gasteiger partial charge in [0.1, 0.15) is 5.82 Å². The first-order chi connectivity index (χ1) is 8.75. The van der Waals surface area contributed by atoms with E-state index in [0.717, 1.165) is 11.5 Å². The van der Waals surface area contributed by atoms with Crippen LogP contribution in [0.1, 0.15) is 55.2 Å². The van der Waals surface area contributed by atoms with Crippen LogP contribution < -0.4 is 0 Å². The van der Waals surface area contributed by atoms with Gasteiger partial charge < -0.3 is 9.72 Å². The van der Waals surface area contributed by atoms with Crippen molar-refractivity contribution in [2.75, 3.05) is 13.2 Å². The molecule has 96 valence electrons. The fraction of sp³-hybridized carbons (Fsp3) is 0.714. The molecule has 0 atom stereocenters. The van der Waals surface area contributed by atoms with E-state index < -0.39 is 5.41 Å². The van der Waals surface area contributed by atoms with Crippen LogP contribution in [-0.2, 0) is 10.2 Å². The molecule has 1 saturated heterocycles. The van der Waals surface area contributed by atoms with E-state index in [4.69, 9.17) is 9.72 Å². The summed E-state index contributed by atoms with van der Waals surface area (Å²) in [5.41, 5.74) is 1.81. The summed E-state index contributed by atoms with van der Waals surface area (Å²) >= 11 is 0. The molecule has 18 heavy (non-hydrogen) atoms. The van der Waals surface area contributed by atoms with Crippen molar-refractivity contribution in [1.82, 2.24) is 9.97 Å². The van der Waals surface area contributed by atoms with Crippen molar-refractivity contribution < 1.29 is 4.74 Å². The van der Waals surface area contributed by atoms with Crippen molar-refractivity contribution in [2.24, 2.45) is 0 Å². The second-order valence-electron chi connectivity index (χ2n) is 5.62. The molecule has 0 unspecified atom stereocenters. The number of aromatic nitrogens is 2. The lowest BCUT2D eigenvalue weighted by molar-refractivity contribution is -0.0336. The van der Waals surface area contributed by atoms with Crippen LogP contribution in [0.25, 0.3) is 0 Å². The lowest BCUT2D eigenvalue weighted by Crippen LogP contribution is -2.46. The lowest BCUT2D eigenvalue weighted by atomic mass is 9.86. The number of nitriles is 1. The van der Waals surface area contributed by atoms with Crippen LogP contribution in [0.5, 0.6) is 0 Å². The van der Waals surface area contributed by atoms with Gasteiger partial charge in [-0.3, -0.25) is 0 Å². The maximum atomic E-state index is 9.31. The molecule has 0 aromatic carbocycles. The third-order valence-electron chi connectivity index (χ3n) is 4.28. The van der Waals surface area contributed by atoms with Crippen molar-refractivity contribution >= 4 is 0 Å². The Morgan fingerprint density at radius 3 is 2.61 bits per heavy atom. The van der Waals surface area contributed by atoms with Gasteiger partial charge in [-0.15, -0.1) is 0 Å². The van der Waals surface area contributed by atoms with E-state index in [0.29, 0.717) is 19.1 Å². The zero-order valence-electron chi connectivity index (χ0n) is 10.8. The zero-order valence-corrected chi connectivity index (χ0v) is 10.8. The normalized spacial score (nSPS) is 23.3. The quantitative estimate of drug-likeness (QED) is 0.871. The van der Waals surface area contributed by atoms with Gasteiger partial charge >= 0.3 is 0 Å². The van der Waals surface area contributed by atoms with E-state index in [9.17, 15) is 5.26 Å². The van der Waals surface area contributed by atoms with E-state index in [2.05, 4.69) is 18.0 Å². The number of imidazole rings is 1. The molecule has 0 radical (unpaired) electrons. The van der Waals surface area contributed by atoms with Gasteiger partial charge in [0.25, 0.3) is 0 Å². The molecule has 4 heteroatoms. The van der Waals surface area contributed by atoms with Gasteiger partial charge in [-0.2, -0.15) is 5.26 Å². The zero-order chi connectivity index (χ0) is 12.6. The molecule has 1 aliphatic heterocycles. The molecule has 3 rings (SSSR count). The van der Waals surface area contributed by atoms with E-state index >= 15 is 0 Å². The number of ether oxygens (including phenoxy) is 1. The molecule has 1 saturated carbocycles. The van der Waals surface area contributed by atoms with Crippen molar-refractivity contribution in [2.45, 2.75) is 50.4 Å². The first-order valence-corrected chi connectivity index (χ1v) is 6.81. The minimum atomic E-state index is -0.516. The van der Waals surface area contributed by atoms with Crippen LogP contribution in [0.3, 0.4) is 0 Å². The SMILES string of the molecule is Cc1[nH]c(C2(C#N)COC2)nc1C1CCCCC1. The van der Waals surface area contributed by atoms with Gasteiger partial charge in [-0.25, -0.2) is 4.98 Å². The first-order valence-electron chi connectivity index (χ1n) is 6.81. The Morgan fingerprint density at radius 1 is 1.33 bits per heavy atom. The molecule has 0 spiro atoms. The van der Waals surface area contributed by atoms with Crippen LogP contribution in [0, 0.1) is 18.3 Å². The second kappa shape index (κ2) is 4.40. The molecule has 0 bridgehead atoms. The summed E-state index contributed by atoms with van der Waals surface area (Å²) in [6.07, 6.45) is 6.43. The van der Waals surface area contributed by atoms with Gasteiger partial charge in [-0.1, -0.05) is 19.3 Å². The molecule has 1 N–H and O–H groups in total.